The van der Waals surface area contributed by atoms with Gasteiger partial charge in [-0.1, -0.05) is 73.2 Å². The number of rotatable bonds is 12. The van der Waals surface area contributed by atoms with Crippen LogP contribution >= 0.6 is 0 Å². The first-order chi connectivity index (χ1) is 31.8. The molecule has 0 saturated carbocycles. The standard InChI is InChI=1S/C23H34BF2NO4.C17H21F2NO2.C6H12BO2.2CO2/c1-17-23(19(25)26,12-9-14-24-30-21(2,3)22(4,5)31-24)13-15-27(17)20(28)29-16-18-10-7-6-8-11-18;1-3-9-17(15(18)19)10-11-20(13(17)2)16(21)22-12-14-7-5-4-6-8-14;1-5(2)6(3,4)9-7-8-5;2*2-1-3/h6-8,10-11,17,19H,9,12-16H2,1-5H3;3-8,13,15H,1,9-12H2,2H3;1-4H3;;/t17-,23+;13-,17+;;;/m11.../s1. The highest BCUT2D eigenvalue weighted by molar-refractivity contribution is 6.45. The van der Waals surface area contributed by atoms with Crippen molar-refractivity contribution in [2.45, 2.75) is 168 Å². The lowest BCUT2D eigenvalue weighted by atomic mass is 9.73. The van der Waals surface area contributed by atoms with Crippen LogP contribution in [0.15, 0.2) is 73.3 Å². The van der Waals surface area contributed by atoms with E-state index in [1.165, 1.54) is 23.6 Å². The fourth-order valence-electron chi connectivity index (χ4n) is 8.07. The summed E-state index contributed by atoms with van der Waals surface area (Å²) in [5, 5.41) is 0. The molecule has 1 radical (unpaired) electrons. The van der Waals surface area contributed by atoms with Crippen LogP contribution in [0.2, 0.25) is 6.32 Å². The van der Waals surface area contributed by atoms with Crippen LogP contribution in [0.25, 0.3) is 0 Å². The van der Waals surface area contributed by atoms with Crippen molar-refractivity contribution in [3.8, 4) is 0 Å². The lowest BCUT2D eigenvalue weighted by molar-refractivity contribution is -0.193. The van der Waals surface area contributed by atoms with Crippen LogP contribution in [0, 0.1) is 10.8 Å². The van der Waals surface area contributed by atoms with E-state index < -0.39 is 66.3 Å². The van der Waals surface area contributed by atoms with Crippen molar-refractivity contribution in [1.29, 1.82) is 0 Å². The van der Waals surface area contributed by atoms with Crippen LogP contribution in [0.1, 0.15) is 112 Å². The SMILES string of the molecule is C=CC[C@]1(C(F)F)CCN(C(=O)OCc2ccccc2)[C@@H]1C.CC1(C)O[B]OC1(C)C.C[C@H]1N(C(=O)OCc2ccccc2)CC[C@]1(CCCB1OC(C)(C)C(C)(C)O1)C(F)F.O=C=O.O=C=O. The number of hydrogen-bond donors (Lipinski definition) is 0. The number of carbonyl (C=O) groups excluding carboxylic acids is 6. The maximum atomic E-state index is 14.2. The van der Waals surface area contributed by atoms with E-state index in [9.17, 15) is 27.2 Å². The minimum absolute atomic E-state index is 0.131. The second kappa shape index (κ2) is 26.2. The molecule has 0 bridgehead atoms. The molecule has 2 aromatic carbocycles. The molecule has 20 heteroatoms. The first kappa shape index (κ1) is 59.3. The van der Waals surface area contributed by atoms with E-state index in [-0.39, 0.29) is 69.1 Å². The molecule has 4 saturated heterocycles. The van der Waals surface area contributed by atoms with Crippen molar-refractivity contribution in [2.24, 2.45) is 10.8 Å². The number of likely N-dealkylation sites (tertiary alicyclic amines) is 2. The normalized spacial score (nSPS) is 24.5. The minimum Gasteiger partial charge on any atom is -0.445 e. The van der Waals surface area contributed by atoms with Gasteiger partial charge in [0.25, 0.3) is 0 Å². The van der Waals surface area contributed by atoms with Crippen molar-refractivity contribution in [2.75, 3.05) is 13.1 Å². The highest BCUT2D eigenvalue weighted by atomic mass is 19.3. The van der Waals surface area contributed by atoms with E-state index >= 15 is 0 Å². The lowest BCUT2D eigenvalue weighted by Gasteiger charge is -2.35. The number of allylic oxidation sites excluding steroid dienone is 1. The molecule has 375 valence electrons. The van der Waals surface area contributed by atoms with Crippen molar-refractivity contribution in [1.82, 2.24) is 9.80 Å². The molecule has 2 amide bonds. The number of hydrogen-bond acceptors (Lipinski definition) is 12. The quantitative estimate of drug-likeness (QED) is 0.113. The number of nitrogens with zero attached hydrogens (tertiary/aromatic N) is 2. The number of amides is 2. The van der Waals surface area contributed by atoms with E-state index in [4.69, 9.17) is 47.3 Å². The number of ether oxygens (including phenoxy) is 2. The smallest absolute Gasteiger partial charge is 0.445 e. The maximum Gasteiger partial charge on any atom is 0.488 e. The Labute approximate surface area is 399 Å². The van der Waals surface area contributed by atoms with Gasteiger partial charge in [-0.3, -0.25) is 0 Å². The predicted molar refractivity (Wildman–Crippen MR) is 243 cm³/mol. The van der Waals surface area contributed by atoms with Crippen LogP contribution < -0.4 is 0 Å². The molecule has 4 heterocycles. The summed E-state index contributed by atoms with van der Waals surface area (Å²) in [6.45, 7) is 23.7. The second-order valence-electron chi connectivity index (χ2n) is 19.0. The predicted octanol–water partition coefficient (Wildman–Crippen LogP) is 9.74. The van der Waals surface area contributed by atoms with Crippen LogP contribution in [0.4, 0.5) is 27.2 Å². The van der Waals surface area contributed by atoms with Crippen LogP contribution in [-0.4, -0.2) is 110 Å². The molecule has 0 N–H and O–H groups in total. The fraction of sp³-hybridized carbons (Fsp3) is 0.625. The number of benzene rings is 2. The molecule has 4 aliphatic heterocycles. The van der Waals surface area contributed by atoms with E-state index in [2.05, 4.69) is 6.58 Å². The third-order valence-corrected chi connectivity index (χ3v) is 14.0. The molecular weight excluding hydrogens is 894 g/mol. The fourth-order valence-corrected chi connectivity index (χ4v) is 8.07. The molecule has 0 aromatic heterocycles. The maximum absolute atomic E-state index is 14.2. The molecule has 4 aliphatic rings. The highest BCUT2D eigenvalue weighted by Gasteiger charge is 2.55. The van der Waals surface area contributed by atoms with Gasteiger partial charge in [-0.05, 0) is 112 Å². The Morgan fingerprint density at radius 1 is 0.706 bits per heavy atom. The summed E-state index contributed by atoms with van der Waals surface area (Å²) in [6, 6.07) is 17.4. The molecule has 0 unspecified atom stereocenters. The minimum atomic E-state index is -2.52. The van der Waals surface area contributed by atoms with Gasteiger partial charge in [-0.2, -0.15) is 19.2 Å². The first-order valence-electron chi connectivity index (χ1n) is 22.4. The molecule has 0 aliphatic carbocycles. The van der Waals surface area contributed by atoms with Gasteiger partial charge in [0.1, 0.15) is 13.2 Å². The number of alkyl halides is 4. The van der Waals surface area contributed by atoms with Crippen LogP contribution in [-0.2, 0) is 60.5 Å². The Kier molecular flexibility index (Phi) is 22.9. The molecule has 4 fully saturated rings. The molecule has 14 nitrogen and oxygen atoms in total. The molecule has 2 aromatic rings. The third kappa shape index (κ3) is 15.3. The van der Waals surface area contributed by atoms with Crippen LogP contribution in [0.3, 0.4) is 0 Å². The Hall–Kier alpha value is -4.83. The van der Waals surface area contributed by atoms with Crippen molar-refractivity contribution >= 4 is 39.3 Å². The van der Waals surface area contributed by atoms with E-state index in [0.717, 1.165) is 11.1 Å². The Bertz CT molecular complexity index is 1910. The molecule has 6 rings (SSSR count). The van der Waals surface area contributed by atoms with Gasteiger partial charge in [0.05, 0.1) is 33.2 Å². The van der Waals surface area contributed by atoms with Crippen molar-refractivity contribution in [3.63, 3.8) is 0 Å². The summed E-state index contributed by atoms with van der Waals surface area (Å²) in [6.07, 6.45) is -1.99. The molecule has 4 atom stereocenters. The van der Waals surface area contributed by atoms with Gasteiger partial charge in [-0.25, -0.2) is 27.2 Å². The van der Waals surface area contributed by atoms with Gasteiger partial charge in [0.15, 0.2) is 0 Å². The summed E-state index contributed by atoms with van der Waals surface area (Å²) >= 11 is 0. The van der Waals surface area contributed by atoms with Gasteiger partial charge in [0, 0.05) is 25.2 Å². The largest absolute Gasteiger partial charge is 0.488 e. The first-order valence-corrected chi connectivity index (χ1v) is 22.4. The molecule has 68 heavy (non-hydrogen) atoms. The zero-order valence-electron chi connectivity index (χ0n) is 40.9. The van der Waals surface area contributed by atoms with Crippen LogP contribution in [0.5, 0.6) is 0 Å². The number of carbonyl (C=O) groups is 2. The van der Waals surface area contributed by atoms with Gasteiger partial charge in [0.2, 0.25) is 12.9 Å². The van der Waals surface area contributed by atoms with Gasteiger partial charge >= 0.3 is 39.3 Å². The third-order valence-electron chi connectivity index (χ3n) is 14.0. The lowest BCUT2D eigenvalue weighted by Crippen LogP contribution is -2.44. The highest BCUT2D eigenvalue weighted by Crippen LogP contribution is 2.48. The summed E-state index contributed by atoms with van der Waals surface area (Å²) in [5.41, 5.74) is -1.96. The second-order valence-corrected chi connectivity index (χ2v) is 19.0. The van der Waals surface area contributed by atoms with Gasteiger partial charge in [-0.15, -0.1) is 6.58 Å². The molecule has 0 spiro atoms. The summed E-state index contributed by atoms with van der Waals surface area (Å²) in [5.74, 6) is 0. The summed E-state index contributed by atoms with van der Waals surface area (Å²) in [4.78, 5) is 60.1. The average Bonchev–Trinajstić information content (AvgIpc) is 3.94. The molecular formula is C48H67B2F4N2O12. The van der Waals surface area contributed by atoms with E-state index in [1.807, 2.05) is 116 Å². The average molecular weight is 962 g/mol. The van der Waals surface area contributed by atoms with Crippen molar-refractivity contribution in [3.05, 3.63) is 84.4 Å². The topological polar surface area (TPSA) is 164 Å². The Morgan fingerprint density at radius 3 is 1.41 bits per heavy atom. The number of halogens is 4. The zero-order chi connectivity index (χ0) is 51.6. The Morgan fingerprint density at radius 2 is 1.07 bits per heavy atom. The van der Waals surface area contributed by atoms with E-state index in [1.54, 1.807) is 13.8 Å². The van der Waals surface area contributed by atoms with Gasteiger partial charge < -0.3 is 37.9 Å². The zero-order valence-corrected chi connectivity index (χ0v) is 40.9. The van der Waals surface area contributed by atoms with E-state index in [0.29, 0.717) is 19.2 Å². The summed E-state index contributed by atoms with van der Waals surface area (Å²) in [7, 11) is 1.02. The van der Waals surface area contributed by atoms with Crippen molar-refractivity contribution < 1.29 is 74.4 Å². The summed E-state index contributed by atoms with van der Waals surface area (Å²) < 4.78 is 88.5. The monoisotopic (exact) mass is 961 g/mol. The Balaban J connectivity index is 0.000000369.